The lowest BCUT2D eigenvalue weighted by molar-refractivity contribution is 0.423. The second-order valence-electron chi connectivity index (χ2n) is 5.19. The molecule has 0 spiro atoms. The van der Waals surface area contributed by atoms with Crippen molar-refractivity contribution in [2.45, 2.75) is 42.6 Å². The second kappa shape index (κ2) is 5.44. The van der Waals surface area contributed by atoms with E-state index < -0.39 is 0 Å². The highest BCUT2D eigenvalue weighted by Gasteiger charge is 2.21. The van der Waals surface area contributed by atoms with Crippen LogP contribution < -0.4 is 0 Å². The Kier molecular flexibility index (Phi) is 3.30. The number of hydrogen-bond acceptors (Lipinski definition) is 6. The van der Waals surface area contributed by atoms with Gasteiger partial charge in [-0.2, -0.15) is 0 Å². The molecule has 3 aromatic rings. The fourth-order valence-electron chi connectivity index (χ4n) is 2.75. The largest absolute Gasteiger partial charge is 0.291 e. The van der Waals surface area contributed by atoms with Gasteiger partial charge < -0.3 is 0 Å². The summed E-state index contributed by atoms with van der Waals surface area (Å²) in [6.45, 7) is 0. The Balaban J connectivity index is 1.50. The van der Waals surface area contributed by atoms with E-state index in [4.69, 9.17) is 0 Å². The Bertz CT molecular complexity index is 711. The topological polar surface area (TPSA) is 73.8 Å². The highest BCUT2D eigenvalue weighted by molar-refractivity contribution is 7.98. The van der Waals surface area contributed by atoms with Gasteiger partial charge in [-0.3, -0.25) is 4.40 Å². The number of imidazole rings is 1. The van der Waals surface area contributed by atoms with Gasteiger partial charge in [0.1, 0.15) is 0 Å². The molecule has 1 saturated carbocycles. The van der Waals surface area contributed by atoms with Crippen molar-refractivity contribution in [1.82, 2.24) is 34.6 Å². The third-order valence-corrected chi connectivity index (χ3v) is 4.73. The molecule has 0 bridgehead atoms. The molecule has 7 nitrogen and oxygen atoms in total. The number of tetrazole rings is 1. The maximum Gasteiger partial charge on any atom is 0.233 e. The van der Waals surface area contributed by atoms with E-state index >= 15 is 0 Å². The Morgan fingerprint density at radius 2 is 2.19 bits per heavy atom. The van der Waals surface area contributed by atoms with E-state index in [-0.39, 0.29) is 0 Å². The van der Waals surface area contributed by atoms with Gasteiger partial charge in [0.05, 0.1) is 11.7 Å². The maximum atomic E-state index is 4.49. The van der Waals surface area contributed by atoms with Crippen LogP contribution in [0.15, 0.2) is 29.8 Å². The molecule has 0 amide bonds. The van der Waals surface area contributed by atoms with Crippen molar-refractivity contribution >= 4 is 17.5 Å². The summed E-state index contributed by atoms with van der Waals surface area (Å²) in [5.74, 6) is 1.47. The van der Waals surface area contributed by atoms with E-state index in [1.165, 1.54) is 25.7 Å². The molecule has 1 aliphatic carbocycles. The molecule has 1 fully saturated rings. The van der Waals surface area contributed by atoms with Crippen LogP contribution >= 0.6 is 11.8 Å². The van der Waals surface area contributed by atoms with Crippen molar-refractivity contribution in [2.75, 3.05) is 0 Å². The van der Waals surface area contributed by atoms with E-state index in [1.807, 2.05) is 27.5 Å². The number of thioether (sulfide) groups is 1. The molecule has 0 atom stereocenters. The van der Waals surface area contributed by atoms with Gasteiger partial charge in [0.2, 0.25) is 10.9 Å². The second-order valence-corrected chi connectivity index (χ2v) is 6.13. The van der Waals surface area contributed by atoms with Crippen LogP contribution in [0.2, 0.25) is 0 Å². The highest BCUT2D eigenvalue weighted by atomic mass is 32.2. The van der Waals surface area contributed by atoms with Crippen molar-refractivity contribution in [3.8, 4) is 0 Å². The molecule has 0 unspecified atom stereocenters. The first-order valence-corrected chi connectivity index (χ1v) is 8.08. The molecular formula is C13H15N7S. The highest BCUT2D eigenvalue weighted by Crippen LogP contribution is 2.32. The summed E-state index contributed by atoms with van der Waals surface area (Å²) in [5, 5.41) is 13.0. The van der Waals surface area contributed by atoms with E-state index in [0.717, 1.165) is 22.4 Å². The summed E-state index contributed by atoms with van der Waals surface area (Å²) in [7, 11) is 0. The van der Waals surface area contributed by atoms with Crippen LogP contribution in [0.1, 0.15) is 37.4 Å². The van der Waals surface area contributed by atoms with Gasteiger partial charge in [-0.1, -0.05) is 24.6 Å². The molecule has 3 heterocycles. The predicted octanol–water partition coefficient (Wildman–Crippen LogP) is 2.12. The van der Waals surface area contributed by atoms with Crippen LogP contribution in [0.5, 0.6) is 0 Å². The average molecular weight is 301 g/mol. The summed E-state index contributed by atoms with van der Waals surface area (Å²) in [4.78, 5) is 8.72. The number of hydrogen-bond donors (Lipinski definition) is 0. The Labute approximate surface area is 125 Å². The van der Waals surface area contributed by atoms with Crippen molar-refractivity contribution in [2.24, 2.45) is 0 Å². The lowest BCUT2D eigenvalue weighted by Gasteiger charge is -2.10. The van der Waals surface area contributed by atoms with Crippen LogP contribution in [0.25, 0.3) is 5.78 Å². The molecule has 108 valence electrons. The van der Waals surface area contributed by atoms with Crippen LogP contribution in [-0.4, -0.2) is 34.6 Å². The average Bonchev–Trinajstić information content (AvgIpc) is 3.23. The fraction of sp³-hybridized carbons (Fsp3) is 0.462. The molecule has 0 aromatic carbocycles. The van der Waals surface area contributed by atoms with Gasteiger partial charge in [-0.05, 0) is 29.3 Å². The van der Waals surface area contributed by atoms with Crippen molar-refractivity contribution in [1.29, 1.82) is 0 Å². The fourth-order valence-corrected chi connectivity index (χ4v) is 3.57. The number of fused-ring (bicyclic) bond motifs is 1. The number of nitrogens with zero attached hydrogens (tertiary/aromatic N) is 7. The molecular weight excluding hydrogens is 286 g/mol. The van der Waals surface area contributed by atoms with Gasteiger partial charge in [0, 0.05) is 24.3 Å². The SMILES string of the molecule is c1cnc2nc(CSc3nnnn3C3CCCC3)cn2c1. The van der Waals surface area contributed by atoms with Gasteiger partial charge in [-0.25, -0.2) is 14.6 Å². The van der Waals surface area contributed by atoms with Gasteiger partial charge in [0.25, 0.3) is 0 Å². The molecule has 3 aromatic heterocycles. The van der Waals surface area contributed by atoms with E-state index in [9.17, 15) is 0 Å². The van der Waals surface area contributed by atoms with E-state index in [2.05, 4.69) is 25.5 Å². The summed E-state index contributed by atoms with van der Waals surface area (Å²) < 4.78 is 3.90. The zero-order chi connectivity index (χ0) is 14.1. The smallest absolute Gasteiger partial charge is 0.233 e. The first-order chi connectivity index (χ1) is 10.4. The molecule has 0 N–H and O–H groups in total. The van der Waals surface area contributed by atoms with Crippen LogP contribution in [0.3, 0.4) is 0 Å². The minimum absolute atomic E-state index is 0.463. The number of rotatable bonds is 4. The zero-order valence-electron chi connectivity index (χ0n) is 11.5. The molecule has 0 radical (unpaired) electrons. The minimum atomic E-state index is 0.463. The Hall–Kier alpha value is -1.96. The van der Waals surface area contributed by atoms with Crippen LogP contribution in [-0.2, 0) is 5.75 Å². The molecule has 1 aliphatic rings. The van der Waals surface area contributed by atoms with Gasteiger partial charge in [-0.15, -0.1) is 5.10 Å². The third-order valence-electron chi connectivity index (χ3n) is 3.77. The molecule has 0 saturated heterocycles. The quantitative estimate of drug-likeness (QED) is 0.687. The summed E-state index contributed by atoms with van der Waals surface area (Å²) in [5.41, 5.74) is 0.986. The van der Waals surface area contributed by atoms with Crippen LogP contribution in [0, 0.1) is 0 Å². The van der Waals surface area contributed by atoms with Gasteiger partial charge in [0.15, 0.2) is 0 Å². The molecule has 0 aliphatic heterocycles. The predicted molar refractivity (Wildman–Crippen MR) is 77.9 cm³/mol. The molecule has 4 rings (SSSR count). The minimum Gasteiger partial charge on any atom is -0.291 e. The van der Waals surface area contributed by atoms with Gasteiger partial charge >= 0.3 is 0 Å². The molecule has 21 heavy (non-hydrogen) atoms. The zero-order valence-corrected chi connectivity index (χ0v) is 12.3. The number of aromatic nitrogens is 7. The summed E-state index contributed by atoms with van der Waals surface area (Å²) >= 11 is 1.63. The van der Waals surface area contributed by atoms with E-state index in [0.29, 0.717) is 6.04 Å². The monoisotopic (exact) mass is 301 g/mol. The first kappa shape index (κ1) is 12.8. The van der Waals surface area contributed by atoms with Crippen molar-refractivity contribution in [3.05, 3.63) is 30.4 Å². The normalized spacial score (nSPS) is 16.0. The third kappa shape index (κ3) is 2.51. The van der Waals surface area contributed by atoms with Crippen LogP contribution in [0.4, 0.5) is 0 Å². The van der Waals surface area contributed by atoms with Crippen molar-refractivity contribution < 1.29 is 0 Å². The lowest BCUT2D eigenvalue weighted by Crippen LogP contribution is -2.08. The Morgan fingerprint density at radius 1 is 1.29 bits per heavy atom. The maximum absolute atomic E-state index is 4.49. The van der Waals surface area contributed by atoms with Crippen molar-refractivity contribution in [3.63, 3.8) is 0 Å². The lowest BCUT2D eigenvalue weighted by atomic mass is 10.3. The first-order valence-electron chi connectivity index (χ1n) is 7.09. The Morgan fingerprint density at radius 3 is 3.05 bits per heavy atom. The summed E-state index contributed by atoms with van der Waals surface area (Å²) in [6, 6.07) is 2.36. The summed E-state index contributed by atoms with van der Waals surface area (Å²) in [6.07, 6.45) is 10.6. The molecule has 8 heteroatoms. The van der Waals surface area contributed by atoms with E-state index in [1.54, 1.807) is 18.0 Å². The standard InChI is InChI=1S/C13H15N7S/c1-2-5-11(4-1)20-13(16-17-18-20)21-9-10-8-19-7-3-6-14-12(19)15-10/h3,6-8,11H,1-2,4-5,9H2.